The molecule has 0 aliphatic heterocycles. The van der Waals surface area contributed by atoms with Crippen molar-refractivity contribution in [3.8, 4) is 0 Å². The Hall–Kier alpha value is -2.54. The summed E-state index contributed by atoms with van der Waals surface area (Å²) in [6.07, 6.45) is -0.747. The second kappa shape index (κ2) is 10.8. The fourth-order valence-corrected chi connectivity index (χ4v) is 4.69. The van der Waals surface area contributed by atoms with Crippen molar-refractivity contribution in [2.45, 2.75) is 62.4 Å². The largest absolute Gasteiger partial charge is 0.510 e. The van der Waals surface area contributed by atoms with Gasteiger partial charge in [-0.1, -0.05) is 18.0 Å². The van der Waals surface area contributed by atoms with Crippen molar-refractivity contribution >= 4 is 35.4 Å². The normalized spacial score (nSPS) is 16.4. The summed E-state index contributed by atoms with van der Waals surface area (Å²) in [5.41, 5.74) is -1.28. The van der Waals surface area contributed by atoms with Crippen LogP contribution in [0.1, 0.15) is 61.2 Å². The van der Waals surface area contributed by atoms with E-state index < -0.39 is 30.0 Å². The van der Waals surface area contributed by atoms with Gasteiger partial charge in [-0.15, -0.1) is 11.8 Å². The number of alkyl halides is 3. The zero-order chi connectivity index (χ0) is 25.0. The summed E-state index contributed by atoms with van der Waals surface area (Å²) in [6.45, 7) is 1.48. The van der Waals surface area contributed by atoms with Gasteiger partial charge in [-0.2, -0.15) is 22.8 Å². The molecule has 1 unspecified atom stereocenters. The van der Waals surface area contributed by atoms with Gasteiger partial charge >= 0.3 is 12.3 Å². The van der Waals surface area contributed by atoms with Crippen LogP contribution in [0.4, 0.5) is 18.0 Å². The highest BCUT2D eigenvalue weighted by atomic mass is 35.5. The van der Waals surface area contributed by atoms with Crippen molar-refractivity contribution in [3.63, 3.8) is 0 Å². The Morgan fingerprint density at radius 2 is 1.91 bits per heavy atom. The van der Waals surface area contributed by atoms with E-state index in [-0.39, 0.29) is 27.2 Å². The fourth-order valence-electron chi connectivity index (χ4n) is 3.52. The maximum atomic E-state index is 13.2. The van der Waals surface area contributed by atoms with Crippen LogP contribution in [0.2, 0.25) is 5.02 Å². The third-order valence-electron chi connectivity index (χ3n) is 5.23. The van der Waals surface area contributed by atoms with Crippen LogP contribution < -0.4 is 5.62 Å². The molecule has 0 bridgehead atoms. The number of halogens is 4. The topological polar surface area (TPSA) is 101 Å². The summed E-state index contributed by atoms with van der Waals surface area (Å²) in [4.78, 5) is 28.6. The molecular weight excluding hydrogens is 499 g/mol. The Kier molecular flexibility index (Phi) is 8.29. The Balaban J connectivity index is 1.85. The molecule has 0 N–H and O–H groups in total. The highest BCUT2D eigenvalue weighted by Crippen LogP contribution is 2.41. The van der Waals surface area contributed by atoms with Gasteiger partial charge in [-0.25, -0.2) is 9.48 Å². The fraction of sp³-hybridized carbons (Fsp3) is 0.550. The standard InChI is InChI=1S/C20H23ClF3N5O4S/c1-11(32-19(31)33-12-7-5-4-6-8-12)29-18(28(2)26-27-29)25-17(30)13-9-10-14(20(22,23)24)16(34-3)15(13)21/h9-12H,4-8H2,1-3H3. The van der Waals surface area contributed by atoms with E-state index in [4.69, 9.17) is 21.1 Å². The van der Waals surface area contributed by atoms with E-state index in [0.29, 0.717) is 0 Å². The van der Waals surface area contributed by atoms with Crippen molar-refractivity contribution in [1.29, 1.82) is 0 Å². The molecule has 0 saturated heterocycles. The quantitative estimate of drug-likeness (QED) is 0.413. The third kappa shape index (κ3) is 5.93. The monoisotopic (exact) mass is 521 g/mol. The summed E-state index contributed by atoms with van der Waals surface area (Å²) >= 11 is 6.89. The summed E-state index contributed by atoms with van der Waals surface area (Å²) in [5, 5.41) is 7.24. The second-order valence-corrected chi connectivity index (χ2v) is 8.81. The van der Waals surface area contributed by atoms with Crippen LogP contribution in [0.15, 0.2) is 22.0 Å². The lowest BCUT2D eigenvalue weighted by atomic mass is 9.98. The lowest BCUT2D eigenvalue weighted by Gasteiger charge is -2.22. The van der Waals surface area contributed by atoms with Crippen LogP contribution in [-0.4, -0.2) is 44.2 Å². The molecule has 186 valence electrons. The molecule has 9 nitrogen and oxygen atoms in total. The van der Waals surface area contributed by atoms with E-state index in [1.807, 2.05) is 0 Å². The number of nitrogens with zero attached hydrogens (tertiary/aromatic N) is 5. The molecule has 1 aliphatic carbocycles. The van der Waals surface area contributed by atoms with Gasteiger partial charge in [0.05, 0.1) is 16.1 Å². The predicted octanol–water partition coefficient (Wildman–Crippen LogP) is 4.76. The number of benzene rings is 1. The molecule has 1 amide bonds. The zero-order valence-electron chi connectivity index (χ0n) is 18.6. The van der Waals surface area contributed by atoms with Crippen LogP contribution >= 0.6 is 23.4 Å². The average molecular weight is 522 g/mol. The Bertz CT molecular complexity index is 1130. The minimum Gasteiger partial charge on any atom is -0.431 e. The van der Waals surface area contributed by atoms with E-state index >= 15 is 0 Å². The number of aromatic nitrogens is 4. The SMILES string of the molecule is CSc1c(C(F)(F)F)ccc(C(=O)N=c2n(C)nnn2C(C)OC(=O)OC2CCCCC2)c1Cl. The molecule has 1 aromatic heterocycles. The molecule has 3 rings (SSSR count). The molecule has 14 heteroatoms. The van der Waals surface area contributed by atoms with Crippen LogP contribution in [0, 0.1) is 0 Å². The maximum Gasteiger partial charge on any atom is 0.510 e. The average Bonchev–Trinajstić information content (AvgIpc) is 3.13. The number of rotatable bonds is 5. The van der Waals surface area contributed by atoms with Gasteiger partial charge in [-0.05, 0) is 61.4 Å². The number of hydrogen-bond donors (Lipinski definition) is 0. The van der Waals surface area contributed by atoms with Crippen molar-refractivity contribution in [1.82, 2.24) is 19.8 Å². The number of aryl methyl sites for hydroxylation is 1. The molecule has 1 fully saturated rings. The summed E-state index contributed by atoms with van der Waals surface area (Å²) in [7, 11) is 1.45. The van der Waals surface area contributed by atoms with Crippen molar-refractivity contribution in [2.75, 3.05) is 6.26 Å². The Morgan fingerprint density at radius 3 is 2.53 bits per heavy atom. The minimum atomic E-state index is -4.63. The van der Waals surface area contributed by atoms with Crippen molar-refractivity contribution in [3.05, 3.63) is 33.9 Å². The van der Waals surface area contributed by atoms with Gasteiger partial charge in [0.1, 0.15) is 6.10 Å². The minimum absolute atomic E-state index is 0.107. The van der Waals surface area contributed by atoms with Crippen LogP contribution in [0.3, 0.4) is 0 Å². The van der Waals surface area contributed by atoms with Gasteiger partial charge < -0.3 is 9.47 Å². The van der Waals surface area contributed by atoms with Gasteiger partial charge in [0.15, 0.2) is 0 Å². The van der Waals surface area contributed by atoms with Gasteiger partial charge in [0.25, 0.3) is 11.5 Å². The second-order valence-electron chi connectivity index (χ2n) is 7.61. The molecule has 34 heavy (non-hydrogen) atoms. The number of hydrogen-bond acceptors (Lipinski definition) is 7. The van der Waals surface area contributed by atoms with Crippen LogP contribution in [0.5, 0.6) is 0 Å². The molecule has 1 aliphatic rings. The summed E-state index contributed by atoms with van der Waals surface area (Å²) in [6, 6.07) is 1.75. The maximum absolute atomic E-state index is 13.2. The first-order chi connectivity index (χ1) is 16.0. The van der Waals surface area contributed by atoms with Gasteiger partial charge in [-0.3, -0.25) is 4.79 Å². The number of amides is 1. The molecule has 1 aromatic carbocycles. The number of carbonyl (C=O) groups is 2. The molecule has 1 saturated carbocycles. The highest BCUT2D eigenvalue weighted by Gasteiger charge is 2.35. The van der Waals surface area contributed by atoms with E-state index in [1.165, 1.54) is 20.2 Å². The van der Waals surface area contributed by atoms with Crippen molar-refractivity contribution < 1.29 is 32.2 Å². The highest BCUT2D eigenvalue weighted by molar-refractivity contribution is 7.98. The summed E-state index contributed by atoms with van der Waals surface area (Å²) < 4.78 is 52.5. The Labute approximate surface area is 202 Å². The van der Waals surface area contributed by atoms with E-state index in [9.17, 15) is 22.8 Å². The smallest absolute Gasteiger partial charge is 0.431 e. The molecule has 1 atom stereocenters. The predicted molar refractivity (Wildman–Crippen MR) is 116 cm³/mol. The van der Waals surface area contributed by atoms with Crippen LogP contribution in [0.25, 0.3) is 0 Å². The van der Waals surface area contributed by atoms with E-state index in [1.54, 1.807) is 0 Å². The van der Waals surface area contributed by atoms with Crippen LogP contribution in [-0.2, 0) is 22.7 Å². The van der Waals surface area contributed by atoms with Gasteiger partial charge in [0.2, 0.25) is 6.23 Å². The lowest BCUT2D eigenvalue weighted by Crippen LogP contribution is -2.32. The zero-order valence-corrected chi connectivity index (χ0v) is 20.2. The summed E-state index contributed by atoms with van der Waals surface area (Å²) in [5.74, 6) is -0.912. The number of thioether (sulfide) groups is 1. The lowest BCUT2D eigenvalue weighted by molar-refractivity contribution is -0.139. The van der Waals surface area contributed by atoms with Gasteiger partial charge in [0, 0.05) is 11.9 Å². The molecule has 0 spiro atoms. The Morgan fingerprint density at radius 1 is 1.24 bits per heavy atom. The molecular formula is C20H23ClF3N5O4S. The number of ether oxygens (including phenoxy) is 2. The molecule has 2 aromatic rings. The number of tetrazole rings is 1. The first-order valence-electron chi connectivity index (χ1n) is 10.4. The van der Waals surface area contributed by atoms with Crippen molar-refractivity contribution in [2.24, 2.45) is 12.0 Å². The van der Waals surface area contributed by atoms with E-state index in [0.717, 1.165) is 65.4 Å². The molecule has 1 heterocycles. The third-order valence-corrected chi connectivity index (χ3v) is 6.57. The van der Waals surface area contributed by atoms with E-state index in [2.05, 4.69) is 15.4 Å². The molecule has 0 radical (unpaired) electrons. The number of carbonyl (C=O) groups excluding carboxylic acids is 2. The first kappa shape index (κ1) is 26.1. The first-order valence-corrected chi connectivity index (χ1v) is 12.0.